The topological polar surface area (TPSA) is 37.0 Å². The number of nitrogens with one attached hydrogen (secondary N) is 2. The van der Waals surface area contributed by atoms with E-state index in [1.807, 2.05) is 0 Å². The van der Waals surface area contributed by atoms with Gasteiger partial charge in [0, 0.05) is 12.7 Å². The summed E-state index contributed by atoms with van der Waals surface area (Å²) in [5.74, 6) is 1.02. The van der Waals surface area contributed by atoms with Crippen LogP contribution in [0, 0.1) is 0 Å². The Kier molecular flexibility index (Phi) is 4.63. The van der Waals surface area contributed by atoms with Gasteiger partial charge in [-0.1, -0.05) is 46.4 Å². The molecule has 0 saturated heterocycles. The van der Waals surface area contributed by atoms with Crippen molar-refractivity contribution in [3.05, 3.63) is 44.4 Å². The number of hydrogen-bond donors (Lipinski definition) is 2. The summed E-state index contributed by atoms with van der Waals surface area (Å²) in [7, 11) is 1.73. The van der Waals surface area contributed by atoms with Crippen LogP contribution in [-0.4, -0.2) is 12.0 Å². The van der Waals surface area contributed by atoms with Gasteiger partial charge in [0.15, 0.2) is 5.82 Å². The summed E-state index contributed by atoms with van der Waals surface area (Å²) in [6, 6.07) is 6.77. The Hall–Kier alpha value is -0.870. The minimum Gasteiger partial charge on any atom is -0.372 e. The summed E-state index contributed by atoms with van der Waals surface area (Å²) in [5.41, 5.74) is 0.730. The van der Waals surface area contributed by atoms with Crippen LogP contribution in [0.15, 0.2) is 24.3 Å². The van der Waals surface area contributed by atoms with E-state index in [0.29, 0.717) is 31.7 Å². The summed E-state index contributed by atoms with van der Waals surface area (Å²) in [5, 5.41) is 7.74. The van der Waals surface area contributed by atoms with E-state index in [-0.39, 0.29) is 0 Å². The molecule has 1 heterocycles. The SMILES string of the molecule is CNc1nc(Nc2ccc(Cl)c(Cl)c2)c(Cl)cc1Cl. The van der Waals surface area contributed by atoms with Gasteiger partial charge in [0.05, 0.1) is 20.1 Å². The average Bonchev–Trinajstić information content (AvgIpc) is 2.37. The highest BCUT2D eigenvalue weighted by atomic mass is 35.5. The summed E-state index contributed by atoms with van der Waals surface area (Å²) in [4.78, 5) is 4.28. The Morgan fingerprint density at radius 2 is 1.53 bits per heavy atom. The molecule has 0 fully saturated rings. The second kappa shape index (κ2) is 6.06. The Morgan fingerprint density at radius 3 is 2.16 bits per heavy atom. The third-order valence-corrected chi connectivity index (χ3v) is 3.66. The molecule has 19 heavy (non-hydrogen) atoms. The first-order valence-corrected chi connectivity index (χ1v) is 6.78. The van der Waals surface area contributed by atoms with Gasteiger partial charge in [-0.25, -0.2) is 4.98 Å². The lowest BCUT2D eigenvalue weighted by Crippen LogP contribution is -1.99. The van der Waals surface area contributed by atoms with Crippen molar-refractivity contribution in [1.82, 2.24) is 4.98 Å². The Bertz CT molecular complexity index is 616. The van der Waals surface area contributed by atoms with Gasteiger partial charge in [-0.2, -0.15) is 0 Å². The van der Waals surface area contributed by atoms with Crippen molar-refractivity contribution in [3.63, 3.8) is 0 Å². The first-order chi connectivity index (χ1) is 9.01. The number of halogens is 4. The van der Waals surface area contributed by atoms with Crippen molar-refractivity contribution in [3.8, 4) is 0 Å². The lowest BCUT2D eigenvalue weighted by Gasteiger charge is -2.11. The van der Waals surface area contributed by atoms with Crippen LogP contribution in [0.25, 0.3) is 0 Å². The first-order valence-electron chi connectivity index (χ1n) is 5.27. The molecule has 7 heteroatoms. The van der Waals surface area contributed by atoms with Gasteiger partial charge in [-0.05, 0) is 24.3 Å². The molecule has 3 nitrogen and oxygen atoms in total. The van der Waals surface area contributed by atoms with Gasteiger partial charge in [-0.3, -0.25) is 0 Å². The van der Waals surface area contributed by atoms with Crippen molar-refractivity contribution < 1.29 is 0 Å². The largest absolute Gasteiger partial charge is 0.372 e. The van der Waals surface area contributed by atoms with E-state index in [1.165, 1.54) is 0 Å². The molecular formula is C12H9Cl4N3. The molecule has 0 aliphatic rings. The number of benzene rings is 1. The van der Waals surface area contributed by atoms with Crippen LogP contribution < -0.4 is 10.6 Å². The molecule has 0 saturated carbocycles. The lowest BCUT2D eigenvalue weighted by molar-refractivity contribution is 1.28. The third-order valence-electron chi connectivity index (χ3n) is 2.35. The molecule has 1 aromatic heterocycles. The molecule has 0 unspecified atom stereocenters. The Labute approximate surface area is 130 Å². The van der Waals surface area contributed by atoms with Gasteiger partial charge < -0.3 is 10.6 Å². The van der Waals surface area contributed by atoms with Crippen molar-refractivity contribution in [2.45, 2.75) is 0 Å². The average molecular weight is 337 g/mol. The van der Waals surface area contributed by atoms with Gasteiger partial charge in [0.2, 0.25) is 0 Å². The zero-order valence-corrected chi connectivity index (χ0v) is 12.8. The molecule has 0 aliphatic heterocycles. The predicted molar refractivity (Wildman–Crippen MR) is 83.5 cm³/mol. The summed E-state index contributed by atoms with van der Waals surface area (Å²) < 4.78 is 0. The molecule has 2 aromatic rings. The molecule has 100 valence electrons. The van der Waals surface area contributed by atoms with Crippen molar-refractivity contribution in [2.24, 2.45) is 0 Å². The Morgan fingerprint density at radius 1 is 0.842 bits per heavy atom. The molecule has 0 amide bonds. The number of pyridine rings is 1. The zero-order valence-electron chi connectivity index (χ0n) is 9.77. The van der Waals surface area contributed by atoms with Crippen LogP contribution in [0.5, 0.6) is 0 Å². The molecule has 0 radical (unpaired) electrons. The normalized spacial score (nSPS) is 10.4. The lowest BCUT2D eigenvalue weighted by atomic mass is 10.3. The minimum atomic E-state index is 0.412. The van der Waals surface area contributed by atoms with Crippen LogP contribution >= 0.6 is 46.4 Å². The second-order valence-corrected chi connectivity index (χ2v) is 5.28. The number of anilines is 3. The maximum absolute atomic E-state index is 6.08. The standard InChI is InChI=1S/C12H9Cl4N3/c1-17-11-9(15)5-10(16)12(19-11)18-6-2-3-7(13)8(14)4-6/h2-5H,1H3,(H2,17,18,19). The molecule has 0 atom stereocenters. The first kappa shape index (κ1) is 14.5. The maximum Gasteiger partial charge on any atom is 0.151 e. The highest BCUT2D eigenvalue weighted by Crippen LogP contribution is 2.32. The maximum atomic E-state index is 6.08. The van der Waals surface area contributed by atoms with Crippen molar-refractivity contribution in [2.75, 3.05) is 17.7 Å². The molecule has 1 aromatic carbocycles. The van der Waals surface area contributed by atoms with Crippen molar-refractivity contribution in [1.29, 1.82) is 0 Å². The van der Waals surface area contributed by atoms with Gasteiger partial charge in [-0.15, -0.1) is 0 Å². The van der Waals surface area contributed by atoms with Crippen LogP contribution in [0.2, 0.25) is 20.1 Å². The van der Waals surface area contributed by atoms with Gasteiger partial charge in [0.25, 0.3) is 0 Å². The van der Waals surface area contributed by atoms with E-state index in [1.54, 1.807) is 31.3 Å². The van der Waals surface area contributed by atoms with Crippen LogP contribution in [0.1, 0.15) is 0 Å². The van der Waals surface area contributed by atoms with Crippen LogP contribution in [-0.2, 0) is 0 Å². The fraction of sp³-hybridized carbons (Fsp3) is 0.0833. The number of aromatic nitrogens is 1. The zero-order chi connectivity index (χ0) is 14.0. The highest BCUT2D eigenvalue weighted by Gasteiger charge is 2.09. The quantitative estimate of drug-likeness (QED) is 0.779. The second-order valence-electron chi connectivity index (χ2n) is 3.65. The van der Waals surface area contributed by atoms with E-state index in [4.69, 9.17) is 46.4 Å². The fourth-order valence-electron chi connectivity index (χ4n) is 1.44. The van der Waals surface area contributed by atoms with E-state index >= 15 is 0 Å². The molecular weight excluding hydrogens is 328 g/mol. The van der Waals surface area contributed by atoms with Gasteiger partial charge in [0.1, 0.15) is 5.82 Å². The van der Waals surface area contributed by atoms with Crippen molar-refractivity contribution >= 4 is 63.7 Å². The van der Waals surface area contributed by atoms with E-state index < -0.39 is 0 Å². The minimum absolute atomic E-state index is 0.412. The smallest absolute Gasteiger partial charge is 0.151 e. The number of nitrogens with zero attached hydrogens (tertiary/aromatic N) is 1. The monoisotopic (exact) mass is 335 g/mol. The molecule has 0 spiro atoms. The third kappa shape index (κ3) is 3.37. The number of rotatable bonds is 3. The van der Waals surface area contributed by atoms with Crippen LogP contribution in [0.4, 0.5) is 17.3 Å². The molecule has 0 aliphatic carbocycles. The summed E-state index contributed by atoms with van der Waals surface area (Å²) in [6.07, 6.45) is 0. The number of hydrogen-bond acceptors (Lipinski definition) is 3. The highest BCUT2D eigenvalue weighted by molar-refractivity contribution is 6.42. The predicted octanol–water partition coefficient (Wildman–Crippen LogP) is 5.48. The summed E-state index contributed by atoms with van der Waals surface area (Å²) >= 11 is 23.9. The summed E-state index contributed by atoms with van der Waals surface area (Å²) in [6.45, 7) is 0. The fourth-order valence-corrected chi connectivity index (χ4v) is 2.24. The van der Waals surface area contributed by atoms with E-state index in [0.717, 1.165) is 5.69 Å². The Balaban J connectivity index is 2.34. The molecule has 2 rings (SSSR count). The van der Waals surface area contributed by atoms with Crippen LogP contribution in [0.3, 0.4) is 0 Å². The van der Waals surface area contributed by atoms with E-state index in [2.05, 4.69) is 15.6 Å². The van der Waals surface area contributed by atoms with E-state index in [9.17, 15) is 0 Å². The molecule has 2 N–H and O–H groups in total. The molecule has 0 bridgehead atoms. The van der Waals surface area contributed by atoms with Gasteiger partial charge >= 0.3 is 0 Å².